The molecule has 1 aromatic carbocycles. The molecule has 0 aromatic heterocycles. The van der Waals surface area contributed by atoms with Crippen LogP contribution in [-0.2, 0) is 66.7 Å². The summed E-state index contributed by atoms with van der Waals surface area (Å²) in [5.41, 5.74) is -15.6. The molecule has 0 aliphatic carbocycles. The Kier molecular flexibility index (Phi) is 36.2. The van der Waals surface area contributed by atoms with Gasteiger partial charge < -0.3 is 69.1 Å². The van der Waals surface area contributed by atoms with Crippen LogP contribution in [0.4, 0.5) is 0 Å². The first-order valence-corrected chi connectivity index (χ1v) is 46.2. The molecule has 0 amide bonds. The highest BCUT2D eigenvalue weighted by Gasteiger charge is 2.59. The van der Waals surface area contributed by atoms with Crippen molar-refractivity contribution in [1.29, 1.82) is 0 Å². The van der Waals surface area contributed by atoms with E-state index in [0.717, 1.165) is 0 Å². The fraction of sp³-hybridized carbons (Fsp3) is 0.842. The van der Waals surface area contributed by atoms with Gasteiger partial charge in [0.05, 0.1) is 24.3 Å². The molecule has 124 heavy (non-hydrogen) atoms. The number of unbranched alkanes of at least 4 members (excludes halogenated alkanes) is 4. The molecular weight excluding hydrogens is 1590 g/mol. The van der Waals surface area contributed by atoms with Crippen LogP contribution in [0.5, 0.6) is 0 Å². The summed E-state index contributed by atoms with van der Waals surface area (Å²) >= 11 is 0. The van der Waals surface area contributed by atoms with Gasteiger partial charge in [-0.05, 0) is 235 Å². The summed E-state index contributed by atoms with van der Waals surface area (Å²) in [6.45, 7) is 49.4. The van der Waals surface area contributed by atoms with Gasteiger partial charge in [-0.25, -0.2) is 9.59 Å². The largest absolute Gasteiger partial charge is 0.462 e. The quantitative estimate of drug-likeness (QED) is 0.00883. The van der Waals surface area contributed by atoms with Crippen molar-refractivity contribution in [1.82, 2.24) is 30.4 Å². The van der Waals surface area contributed by atoms with Crippen molar-refractivity contribution >= 4 is 53.5 Å². The number of hydroxylamine groups is 12. The van der Waals surface area contributed by atoms with Crippen LogP contribution in [0, 0.1) is 16.2 Å². The van der Waals surface area contributed by atoms with Crippen LogP contribution in [-0.4, -0.2) is 232 Å². The number of hydrogen-bond donors (Lipinski definition) is 6. The number of Topliss-reactive ketones (excluding diaryl/α,β-unsaturated/α-hetero) is 1. The highest BCUT2D eigenvalue weighted by Crippen LogP contribution is 2.49. The van der Waals surface area contributed by atoms with E-state index in [9.17, 15) is 40.8 Å². The first-order valence-electron chi connectivity index (χ1n) is 46.2. The van der Waals surface area contributed by atoms with Crippen molar-refractivity contribution in [3.63, 3.8) is 0 Å². The number of piperidine rings is 5. The number of benzene rings is 1. The SMILES string of the molecule is CCCCC(CCCOC(=O)c1cc(C(=O)CCCCC(CCCC)(C(=O)OC2CC(C)(C)N(O)C(C)(C)C2)C(=O)OC2CC(C)(C)N(O)C(C)(C)C2)cc(C(=O)OCCCC(CCCC)(C(=O)OC2CC(C)(C)N(O)C(C)(C)C2)C(=O)OC2CC(C)(C)N(O)C(C)(C)C2)c1)(C(=O)OC(CCC)CC(C)(C)N(O)CC)C(=O)OC1CC(C)(C)N(O)C(C)(C)C1. The molecule has 2 unspecified atom stereocenters. The standard InChI is InChI=1S/C95H162N6O23/c1-28-33-42-93(77(106)120-68-54-83(8,9)97(112)84(10,11)55-68,78(107)121-69-56-85(12,13)98(113)86(14,15)57-69)45-37-36-41-73(102)64-50-65(74(103)117-48-38-46-94(43-34-29-2,76(105)119-67(40-31-4)53-82(6,7)96(111)32-5)79(108)122-70-58-87(16,17)99(114)88(18,19)59-70)52-66(51-64)75(104)118-49-39-47-95(44-35-30-3,80(109)123-71-60-89(20,21)100(115)90(22,23)61-71)81(110)124-72-62-91(24,25)101(116)92(26,27)63-72/h50-52,67-72,111-116H,28-49,53-63H2,1-27H3. The van der Waals surface area contributed by atoms with E-state index in [1.807, 2.05) is 180 Å². The Morgan fingerprint density at radius 3 is 0.855 bits per heavy atom. The number of carbonyl (C=O) groups excluding carboxylic acids is 9. The fourth-order valence-corrected chi connectivity index (χ4v) is 20.9. The number of hydrogen-bond acceptors (Lipinski definition) is 29. The number of carbonyl (C=O) groups is 9. The predicted molar refractivity (Wildman–Crippen MR) is 466 cm³/mol. The lowest BCUT2D eigenvalue weighted by atomic mass is 9.76. The van der Waals surface area contributed by atoms with E-state index in [1.54, 1.807) is 6.92 Å². The molecule has 5 aliphatic heterocycles. The summed E-state index contributed by atoms with van der Waals surface area (Å²) in [7, 11) is 0. The van der Waals surface area contributed by atoms with Crippen LogP contribution in [0.3, 0.4) is 0 Å². The molecule has 0 spiro atoms. The third-order valence-corrected chi connectivity index (χ3v) is 27.1. The molecule has 6 N–H and O–H groups in total. The van der Waals surface area contributed by atoms with Gasteiger partial charge in [0.1, 0.15) is 36.6 Å². The molecule has 6 rings (SSSR count). The van der Waals surface area contributed by atoms with Crippen LogP contribution in [0.2, 0.25) is 0 Å². The molecular formula is C95H162N6O23. The summed E-state index contributed by atoms with van der Waals surface area (Å²) in [4.78, 5) is 137. The molecule has 1 aromatic rings. The Labute approximate surface area is 740 Å². The molecule has 0 bridgehead atoms. The van der Waals surface area contributed by atoms with E-state index in [-0.39, 0.29) is 164 Å². The zero-order chi connectivity index (χ0) is 94.0. The van der Waals surface area contributed by atoms with E-state index in [4.69, 9.17) is 37.9 Å². The first kappa shape index (κ1) is 107. The minimum Gasteiger partial charge on any atom is -0.462 e. The van der Waals surface area contributed by atoms with Gasteiger partial charge in [0.15, 0.2) is 22.0 Å². The monoisotopic (exact) mass is 1760 g/mol. The molecule has 29 heteroatoms. The van der Waals surface area contributed by atoms with E-state index in [1.165, 1.54) is 48.6 Å². The van der Waals surface area contributed by atoms with Crippen LogP contribution in [0.1, 0.15) is 411 Å². The van der Waals surface area contributed by atoms with Crippen molar-refractivity contribution < 1.29 is 112 Å². The second kappa shape index (κ2) is 41.9. The number of rotatable bonds is 43. The number of ketones is 1. The van der Waals surface area contributed by atoms with Gasteiger partial charge in [-0.2, -0.15) is 30.4 Å². The summed E-state index contributed by atoms with van der Waals surface area (Å²) in [5, 5.41) is 74.9. The number of esters is 8. The van der Waals surface area contributed by atoms with Gasteiger partial charge in [-0.3, -0.25) is 33.6 Å². The van der Waals surface area contributed by atoms with Gasteiger partial charge in [0.25, 0.3) is 0 Å². The molecule has 5 aliphatic rings. The van der Waals surface area contributed by atoms with E-state index in [0.29, 0.717) is 51.4 Å². The van der Waals surface area contributed by atoms with Gasteiger partial charge in [-0.1, -0.05) is 86.0 Å². The summed E-state index contributed by atoms with van der Waals surface area (Å²) in [6, 6.07) is 3.78. The Balaban J connectivity index is 1.40. The van der Waals surface area contributed by atoms with Crippen molar-refractivity contribution in [3.05, 3.63) is 34.9 Å². The highest BCUT2D eigenvalue weighted by atomic mass is 16.6. The molecule has 2 atom stereocenters. The minimum atomic E-state index is -1.94. The van der Waals surface area contributed by atoms with Gasteiger partial charge in [0, 0.05) is 150 Å². The molecule has 0 saturated carbocycles. The molecule has 0 radical (unpaired) electrons. The van der Waals surface area contributed by atoms with Crippen molar-refractivity contribution in [2.75, 3.05) is 19.8 Å². The third-order valence-electron chi connectivity index (χ3n) is 27.1. The van der Waals surface area contributed by atoms with Crippen LogP contribution >= 0.6 is 0 Å². The zero-order valence-corrected chi connectivity index (χ0v) is 80.8. The lowest BCUT2D eigenvalue weighted by Gasteiger charge is -2.51. The maximum absolute atomic E-state index is 15.4. The summed E-state index contributed by atoms with van der Waals surface area (Å²) in [6.07, 6.45) is 1.29. The Morgan fingerprint density at radius 1 is 0.363 bits per heavy atom. The topological polar surface area (TPSA) is 368 Å². The van der Waals surface area contributed by atoms with Gasteiger partial charge >= 0.3 is 47.8 Å². The smallest absolute Gasteiger partial charge is 0.338 e. The molecule has 29 nitrogen and oxygen atoms in total. The normalized spacial score (nSPS) is 22.2. The lowest BCUT2D eigenvalue weighted by Crippen LogP contribution is -2.61. The van der Waals surface area contributed by atoms with Crippen LogP contribution < -0.4 is 0 Å². The first-order chi connectivity index (χ1) is 57.0. The minimum absolute atomic E-state index is 0.00328. The summed E-state index contributed by atoms with van der Waals surface area (Å²) in [5.74, 6) is -7.47. The van der Waals surface area contributed by atoms with Crippen molar-refractivity contribution in [2.45, 2.75) is 477 Å². The van der Waals surface area contributed by atoms with Crippen LogP contribution in [0.25, 0.3) is 0 Å². The maximum Gasteiger partial charge on any atom is 0.338 e. The number of ether oxygens (including phenoxy) is 8. The third kappa shape index (κ3) is 26.1. The number of nitrogens with zero attached hydrogens (tertiary/aromatic N) is 6. The molecule has 5 fully saturated rings. The molecule has 5 saturated heterocycles. The highest BCUT2D eigenvalue weighted by molar-refractivity contribution is 6.04. The molecule has 710 valence electrons. The van der Waals surface area contributed by atoms with E-state index >= 15 is 33.6 Å². The van der Waals surface area contributed by atoms with E-state index in [2.05, 4.69) is 0 Å². The van der Waals surface area contributed by atoms with Crippen LogP contribution in [0.15, 0.2) is 18.2 Å². The van der Waals surface area contributed by atoms with E-state index < -0.39 is 181 Å². The van der Waals surface area contributed by atoms with Gasteiger partial charge in [-0.15, -0.1) is 0 Å². The Hall–Kier alpha value is -5.83. The molecule has 5 heterocycles. The maximum atomic E-state index is 15.4. The Morgan fingerprint density at radius 2 is 0.605 bits per heavy atom. The Bertz CT molecular complexity index is 3430. The second-order valence-electron chi connectivity index (χ2n) is 43.9. The average molecular weight is 1760 g/mol. The van der Waals surface area contributed by atoms with Crippen molar-refractivity contribution in [3.8, 4) is 0 Å². The predicted octanol–water partition coefficient (Wildman–Crippen LogP) is 18.2. The average Bonchev–Trinajstić information content (AvgIpc) is 0.768. The van der Waals surface area contributed by atoms with Crippen molar-refractivity contribution in [2.24, 2.45) is 16.2 Å². The fourth-order valence-electron chi connectivity index (χ4n) is 20.9. The van der Waals surface area contributed by atoms with Gasteiger partial charge in [0.2, 0.25) is 0 Å². The second-order valence-corrected chi connectivity index (χ2v) is 43.9. The lowest BCUT2D eigenvalue weighted by molar-refractivity contribution is -0.263. The summed E-state index contributed by atoms with van der Waals surface area (Å²) < 4.78 is 50.7. The zero-order valence-electron chi connectivity index (χ0n) is 80.8.